The fourth-order valence-corrected chi connectivity index (χ4v) is 3.39. The summed E-state index contributed by atoms with van der Waals surface area (Å²) in [5, 5.41) is 0. The highest BCUT2D eigenvalue weighted by atomic mass is 16.2. The molecule has 1 aliphatic heterocycles. The van der Waals surface area contributed by atoms with E-state index < -0.39 is 0 Å². The van der Waals surface area contributed by atoms with Gasteiger partial charge in [0.25, 0.3) is 5.91 Å². The van der Waals surface area contributed by atoms with Crippen LogP contribution in [0.15, 0.2) is 42.7 Å². The van der Waals surface area contributed by atoms with Crippen molar-refractivity contribution in [1.29, 1.82) is 0 Å². The van der Waals surface area contributed by atoms with E-state index in [0.29, 0.717) is 11.6 Å². The third-order valence-electron chi connectivity index (χ3n) is 4.72. The lowest BCUT2D eigenvalue weighted by atomic mass is 9.78. The molecule has 24 heavy (non-hydrogen) atoms. The molecule has 0 N–H and O–H groups in total. The zero-order valence-corrected chi connectivity index (χ0v) is 14.7. The van der Waals surface area contributed by atoms with Crippen LogP contribution in [0.2, 0.25) is 0 Å². The van der Waals surface area contributed by atoms with Gasteiger partial charge in [0.05, 0.1) is 12.4 Å². The number of benzene rings is 1. The zero-order chi connectivity index (χ0) is 17.3. The van der Waals surface area contributed by atoms with E-state index in [9.17, 15) is 4.79 Å². The summed E-state index contributed by atoms with van der Waals surface area (Å²) in [5.41, 5.74) is 1.86. The number of aromatic nitrogens is 2. The molecule has 0 aliphatic carbocycles. The highest BCUT2D eigenvalue weighted by molar-refractivity contribution is 5.91. The number of anilines is 1. The summed E-state index contributed by atoms with van der Waals surface area (Å²) >= 11 is 0. The fraction of sp³-hybridized carbons (Fsp3) is 0.421. The van der Waals surface area contributed by atoms with E-state index in [2.05, 4.69) is 53.0 Å². The summed E-state index contributed by atoms with van der Waals surface area (Å²) in [6, 6.07) is 10.6. The van der Waals surface area contributed by atoms with Crippen molar-refractivity contribution in [2.75, 3.05) is 32.1 Å². The Kier molecular flexibility index (Phi) is 4.26. The minimum atomic E-state index is -0.123. The van der Waals surface area contributed by atoms with Crippen molar-refractivity contribution >= 4 is 11.7 Å². The monoisotopic (exact) mass is 324 g/mol. The van der Waals surface area contributed by atoms with Gasteiger partial charge in [0.1, 0.15) is 11.5 Å². The summed E-state index contributed by atoms with van der Waals surface area (Å²) in [4.78, 5) is 24.7. The van der Waals surface area contributed by atoms with E-state index in [-0.39, 0.29) is 11.3 Å². The first-order valence-corrected chi connectivity index (χ1v) is 8.22. The molecule has 126 valence electrons. The summed E-state index contributed by atoms with van der Waals surface area (Å²) in [6.45, 7) is 6.34. The number of hydrogen-bond donors (Lipinski definition) is 0. The smallest absolute Gasteiger partial charge is 0.273 e. The molecule has 1 amide bonds. The number of carbonyl (C=O) groups excluding carboxylic acids is 1. The summed E-state index contributed by atoms with van der Waals surface area (Å²) in [7, 11) is 3.45. The van der Waals surface area contributed by atoms with Crippen LogP contribution in [-0.4, -0.2) is 48.0 Å². The molecule has 1 aliphatic rings. The van der Waals surface area contributed by atoms with Gasteiger partial charge in [-0.05, 0) is 11.0 Å². The average Bonchev–Trinajstić information content (AvgIpc) is 2.90. The van der Waals surface area contributed by atoms with Gasteiger partial charge in [0.15, 0.2) is 0 Å². The standard InChI is InChI=1S/C19H24N4O/c1-19(2)13-23(12-15(19)14-8-6-5-7-9-14)17-11-20-10-16(21-17)18(24)22(3)4/h5-11,15H,12-13H2,1-4H3/t15-/m1/s1. The molecule has 1 atom stereocenters. The Morgan fingerprint density at radius 2 is 1.92 bits per heavy atom. The molecule has 1 aromatic heterocycles. The zero-order valence-electron chi connectivity index (χ0n) is 14.7. The van der Waals surface area contributed by atoms with Crippen LogP contribution in [0.25, 0.3) is 0 Å². The quantitative estimate of drug-likeness (QED) is 0.871. The second-order valence-corrected chi connectivity index (χ2v) is 7.29. The Morgan fingerprint density at radius 3 is 2.58 bits per heavy atom. The molecule has 2 aromatic rings. The fourth-order valence-electron chi connectivity index (χ4n) is 3.39. The van der Waals surface area contributed by atoms with Crippen molar-refractivity contribution in [3.63, 3.8) is 0 Å². The molecule has 5 nitrogen and oxygen atoms in total. The SMILES string of the molecule is CN(C)C(=O)c1cncc(N2C[C@H](c3ccccc3)C(C)(C)C2)n1. The Hall–Kier alpha value is -2.43. The van der Waals surface area contributed by atoms with E-state index in [1.165, 1.54) is 16.7 Å². The lowest BCUT2D eigenvalue weighted by Gasteiger charge is -2.25. The third kappa shape index (κ3) is 3.11. The van der Waals surface area contributed by atoms with E-state index in [0.717, 1.165) is 18.9 Å². The topological polar surface area (TPSA) is 49.3 Å². The Bertz CT molecular complexity index is 727. The second kappa shape index (κ2) is 6.23. The van der Waals surface area contributed by atoms with Gasteiger partial charge in [-0.2, -0.15) is 0 Å². The average molecular weight is 324 g/mol. The number of carbonyl (C=O) groups is 1. The van der Waals surface area contributed by atoms with Crippen LogP contribution in [0.3, 0.4) is 0 Å². The molecular weight excluding hydrogens is 300 g/mol. The van der Waals surface area contributed by atoms with Gasteiger partial charge in [-0.15, -0.1) is 0 Å². The molecule has 0 unspecified atom stereocenters. The lowest BCUT2D eigenvalue weighted by molar-refractivity contribution is 0.0821. The van der Waals surface area contributed by atoms with Gasteiger partial charge >= 0.3 is 0 Å². The number of rotatable bonds is 3. The third-order valence-corrected chi connectivity index (χ3v) is 4.72. The number of nitrogens with zero attached hydrogens (tertiary/aromatic N) is 4. The molecule has 0 spiro atoms. The predicted molar refractivity (Wildman–Crippen MR) is 95.2 cm³/mol. The Morgan fingerprint density at radius 1 is 1.21 bits per heavy atom. The maximum atomic E-state index is 12.1. The van der Waals surface area contributed by atoms with Gasteiger partial charge in [0.2, 0.25) is 0 Å². The molecule has 0 bridgehead atoms. The lowest BCUT2D eigenvalue weighted by Crippen LogP contribution is -2.26. The summed E-state index contributed by atoms with van der Waals surface area (Å²) in [6.07, 6.45) is 3.28. The minimum absolute atomic E-state index is 0.123. The van der Waals surface area contributed by atoms with Gasteiger partial charge in [-0.25, -0.2) is 4.98 Å². The molecule has 0 saturated carbocycles. The van der Waals surface area contributed by atoms with Gasteiger partial charge < -0.3 is 9.80 Å². The van der Waals surface area contributed by atoms with Gasteiger partial charge in [-0.1, -0.05) is 44.2 Å². The first-order chi connectivity index (χ1) is 11.4. The van der Waals surface area contributed by atoms with Crippen LogP contribution in [0.5, 0.6) is 0 Å². The predicted octanol–water partition coefficient (Wildman–Crippen LogP) is 2.81. The number of hydrogen-bond acceptors (Lipinski definition) is 4. The van der Waals surface area contributed by atoms with Crippen LogP contribution in [0.1, 0.15) is 35.8 Å². The van der Waals surface area contributed by atoms with Crippen LogP contribution in [0.4, 0.5) is 5.82 Å². The molecule has 3 rings (SSSR count). The normalized spacial score (nSPS) is 19.3. The van der Waals surface area contributed by atoms with E-state index in [1.807, 2.05) is 6.07 Å². The first kappa shape index (κ1) is 16.4. The first-order valence-electron chi connectivity index (χ1n) is 8.22. The molecule has 5 heteroatoms. The minimum Gasteiger partial charge on any atom is -0.354 e. The highest BCUT2D eigenvalue weighted by Crippen LogP contribution is 2.43. The van der Waals surface area contributed by atoms with Gasteiger partial charge in [-0.3, -0.25) is 9.78 Å². The van der Waals surface area contributed by atoms with Crippen LogP contribution < -0.4 is 4.90 Å². The summed E-state index contributed by atoms with van der Waals surface area (Å²) in [5.74, 6) is 1.07. The number of amides is 1. The molecule has 2 heterocycles. The van der Waals surface area contributed by atoms with Crippen molar-refractivity contribution in [1.82, 2.24) is 14.9 Å². The van der Waals surface area contributed by atoms with E-state index >= 15 is 0 Å². The molecular formula is C19H24N4O. The molecule has 1 fully saturated rings. The largest absolute Gasteiger partial charge is 0.354 e. The van der Waals surface area contributed by atoms with Crippen molar-refractivity contribution < 1.29 is 4.79 Å². The van der Waals surface area contributed by atoms with Crippen LogP contribution in [0, 0.1) is 5.41 Å². The van der Waals surface area contributed by atoms with Crippen molar-refractivity contribution in [2.24, 2.45) is 5.41 Å². The van der Waals surface area contributed by atoms with Crippen molar-refractivity contribution in [2.45, 2.75) is 19.8 Å². The molecule has 0 radical (unpaired) electrons. The maximum Gasteiger partial charge on any atom is 0.273 e. The second-order valence-electron chi connectivity index (χ2n) is 7.29. The van der Waals surface area contributed by atoms with E-state index in [1.54, 1.807) is 20.3 Å². The van der Waals surface area contributed by atoms with Gasteiger partial charge in [0, 0.05) is 33.1 Å². The Balaban J connectivity index is 1.87. The summed E-state index contributed by atoms with van der Waals surface area (Å²) < 4.78 is 0. The van der Waals surface area contributed by atoms with Crippen LogP contribution in [-0.2, 0) is 0 Å². The van der Waals surface area contributed by atoms with Crippen molar-refractivity contribution in [3.8, 4) is 0 Å². The highest BCUT2D eigenvalue weighted by Gasteiger charge is 2.40. The maximum absolute atomic E-state index is 12.1. The Labute approximate surface area is 143 Å². The molecule has 1 aromatic carbocycles. The van der Waals surface area contributed by atoms with Crippen LogP contribution >= 0.6 is 0 Å². The van der Waals surface area contributed by atoms with E-state index in [4.69, 9.17) is 0 Å². The van der Waals surface area contributed by atoms with Crippen molar-refractivity contribution in [3.05, 3.63) is 54.0 Å². The molecule has 1 saturated heterocycles.